The van der Waals surface area contributed by atoms with Crippen molar-refractivity contribution in [1.82, 2.24) is 5.32 Å². The van der Waals surface area contributed by atoms with Crippen molar-refractivity contribution in [2.24, 2.45) is 0 Å². The molecular formula is C16H20ClNOS. The van der Waals surface area contributed by atoms with E-state index in [0.29, 0.717) is 0 Å². The van der Waals surface area contributed by atoms with E-state index in [9.17, 15) is 0 Å². The summed E-state index contributed by atoms with van der Waals surface area (Å²) in [4.78, 5) is 1.24. The van der Waals surface area contributed by atoms with Crippen LogP contribution in [0.25, 0.3) is 0 Å². The highest BCUT2D eigenvalue weighted by molar-refractivity contribution is 7.16. The van der Waals surface area contributed by atoms with Crippen LogP contribution < -0.4 is 10.1 Å². The van der Waals surface area contributed by atoms with Gasteiger partial charge in [0, 0.05) is 23.0 Å². The maximum absolute atomic E-state index is 5.95. The van der Waals surface area contributed by atoms with Crippen LogP contribution in [0.4, 0.5) is 0 Å². The van der Waals surface area contributed by atoms with Gasteiger partial charge in [-0.2, -0.15) is 0 Å². The normalized spacial score (nSPS) is 12.7. The monoisotopic (exact) mass is 309 g/mol. The molecule has 0 aliphatic carbocycles. The molecule has 20 heavy (non-hydrogen) atoms. The Kier molecular flexibility index (Phi) is 5.46. The molecule has 1 aromatic heterocycles. The molecule has 0 aliphatic rings. The molecule has 1 N–H and O–H groups in total. The molecule has 1 atom stereocenters. The molecule has 1 aromatic carbocycles. The van der Waals surface area contributed by atoms with Crippen molar-refractivity contribution in [1.29, 1.82) is 0 Å². The number of ether oxygens (including phenoxy) is 1. The molecule has 0 fully saturated rings. The number of para-hydroxylation sites is 1. The van der Waals surface area contributed by atoms with E-state index in [4.69, 9.17) is 16.3 Å². The third kappa shape index (κ3) is 4.23. The summed E-state index contributed by atoms with van der Waals surface area (Å²) in [6, 6.07) is 12.4. The van der Waals surface area contributed by atoms with Gasteiger partial charge in [0.1, 0.15) is 5.75 Å². The first-order valence-electron chi connectivity index (χ1n) is 6.79. The van der Waals surface area contributed by atoms with Crippen molar-refractivity contribution in [3.8, 4) is 5.75 Å². The zero-order valence-electron chi connectivity index (χ0n) is 12.0. The van der Waals surface area contributed by atoms with Gasteiger partial charge < -0.3 is 10.1 Å². The summed E-state index contributed by atoms with van der Waals surface area (Å²) >= 11 is 7.56. The fourth-order valence-electron chi connectivity index (χ4n) is 2.01. The molecule has 0 bridgehead atoms. The fourth-order valence-corrected chi connectivity index (χ4v) is 3.05. The van der Waals surface area contributed by atoms with Crippen LogP contribution in [0.15, 0.2) is 36.4 Å². The highest BCUT2D eigenvalue weighted by Gasteiger charge is 2.12. The van der Waals surface area contributed by atoms with Crippen molar-refractivity contribution in [2.75, 3.05) is 0 Å². The van der Waals surface area contributed by atoms with Gasteiger partial charge in [0.2, 0.25) is 0 Å². The standard InChI is InChI=1S/C16H20ClNOS/c1-11(2)19-15-7-5-4-6-14(15)12(3)18-10-13-8-9-16(17)20-13/h4-9,11-12,18H,10H2,1-3H3. The summed E-state index contributed by atoms with van der Waals surface area (Å²) in [5.74, 6) is 0.951. The van der Waals surface area contributed by atoms with E-state index in [1.54, 1.807) is 11.3 Å². The van der Waals surface area contributed by atoms with Crippen LogP contribution in [0.3, 0.4) is 0 Å². The number of benzene rings is 1. The van der Waals surface area contributed by atoms with Crippen LogP contribution in [-0.4, -0.2) is 6.10 Å². The first-order chi connectivity index (χ1) is 9.56. The topological polar surface area (TPSA) is 21.3 Å². The van der Waals surface area contributed by atoms with Gasteiger partial charge in [-0.3, -0.25) is 0 Å². The zero-order valence-corrected chi connectivity index (χ0v) is 13.6. The molecule has 0 radical (unpaired) electrons. The van der Waals surface area contributed by atoms with E-state index in [2.05, 4.69) is 24.4 Å². The Morgan fingerprint density at radius 3 is 2.55 bits per heavy atom. The Morgan fingerprint density at radius 2 is 1.90 bits per heavy atom. The summed E-state index contributed by atoms with van der Waals surface area (Å²) in [5, 5.41) is 3.51. The van der Waals surface area contributed by atoms with Crippen LogP contribution in [0.5, 0.6) is 5.75 Å². The van der Waals surface area contributed by atoms with Crippen molar-refractivity contribution in [2.45, 2.75) is 39.5 Å². The largest absolute Gasteiger partial charge is 0.491 e. The molecule has 0 saturated carbocycles. The molecule has 108 valence electrons. The molecule has 1 unspecified atom stereocenters. The van der Waals surface area contributed by atoms with Crippen LogP contribution in [0.2, 0.25) is 4.34 Å². The van der Waals surface area contributed by atoms with Gasteiger partial charge >= 0.3 is 0 Å². The summed E-state index contributed by atoms with van der Waals surface area (Å²) in [7, 11) is 0. The van der Waals surface area contributed by atoms with Gasteiger partial charge in [-0.25, -0.2) is 0 Å². The Hall–Kier alpha value is -1.03. The summed E-state index contributed by atoms with van der Waals surface area (Å²) in [6.07, 6.45) is 0.180. The molecule has 4 heteroatoms. The second-order valence-corrected chi connectivity index (χ2v) is 6.81. The molecule has 2 aromatic rings. The fraction of sp³-hybridized carbons (Fsp3) is 0.375. The average Bonchev–Trinajstić information content (AvgIpc) is 2.82. The molecule has 0 spiro atoms. The van der Waals surface area contributed by atoms with Crippen LogP contribution >= 0.6 is 22.9 Å². The minimum Gasteiger partial charge on any atom is -0.491 e. The predicted molar refractivity (Wildman–Crippen MR) is 86.8 cm³/mol. The van der Waals surface area contributed by atoms with Crippen molar-refractivity contribution >= 4 is 22.9 Å². The molecular weight excluding hydrogens is 290 g/mol. The van der Waals surface area contributed by atoms with Gasteiger partial charge in [0.15, 0.2) is 0 Å². The van der Waals surface area contributed by atoms with Crippen LogP contribution in [0, 0.1) is 0 Å². The molecule has 2 nitrogen and oxygen atoms in total. The number of rotatable bonds is 6. The number of hydrogen-bond acceptors (Lipinski definition) is 3. The SMILES string of the molecule is CC(C)Oc1ccccc1C(C)NCc1ccc(Cl)s1. The van der Waals surface area contributed by atoms with E-state index in [0.717, 1.165) is 16.6 Å². The van der Waals surface area contributed by atoms with Crippen molar-refractivity contribution in [3.63, 3.8) is 0 Å². The molecule has 2 rings (SSSR count). The smallest absolute Gasteiger partial charge is 0.124 e. The lowest BCUT2D eigenvalue weighted by molar-refractivity contribution is 0.238. The van der Waals surface area contributed by atoms with Crippen LogP contribution in [0.1, 0.15) is 37.3 Å². The maximum Gasteiger partial charge on any atom is 0.124 e. The number of thiophene rings is 1. The maximum atomic E-state index is 5.95. The van der Waals surface area contributed by atoms with E-state index in [1.807, 2.05) is 38.1 Å². The van der Waals surface area contributed by atoms with Crippen molar-refractivity contribution in [3.05, 3.63) is 51.2 Å². The lowest BCUT2D eigenvalue weighted by Crippen LogP contribution is -2.19. The van der Waals surface area contributed by atoms with Gasteiger partial charge in [-0.05, 0) is 39.0 Å². The van der Waals surface area contributed by atoms with Gasteiger partial charge in [-0.1, -0.05) is 29.8 Å². The molecule has 0 saturated heterocycles. The molecule has 1 heterocycles. The van der Waals surface area contributed by atoms with E-state index < -0.39 is 0 Å². The number of halogens is 1. The van der Waals surface area contributed by atoms with E-state index in [1.165, 1.54) is 10.4 Å². The molecule has 0 aliphatic heterocycles. The summed E-state index contributed by atoms with van der Waals surface area (Å²) in [5.41, 5.74) is 1.18. The van der Waals surface area contributed by atoms with Crippen LogP contribution in [-0.2, 0) is 6.54 Å². The lowest BCUT2D eigenvalue weighted by Gasteiger charge is -2.19. The quantitative estimate of drug-likeness (QED) is 0.807. The Bertz CT molecular complexity index is 553. The third-order valence-corrected chi connectivity index (χ3v) is 4.19. The summed E-state index contributed by atoms with van der Waals surface area (Å²) < 4.78 is 6.70. The second-order valence-electron chi connectivity index (χ2n) is 5.01. The Balaban J connectivity index is 2.03. The highest BCUT2D eigenvalue weighted by Crippen LogP contribution is 2.27. The summed E-state index contributed by atoms with van der Waals surface area (Å²) in [6.45, 7) is 7.05. The molecule has 0 amide bonds. The first kappa shape index (κ1) is 15.4. The van der Waals surface area contributed by atoms with E-state index in [-0.39, 0.29) is 12.1 Å². The number of hydrogen-bond donors (Lipinski definition) is 1. The van der Waals surface area contributed by atoms with Crippen molar-refractivity contribution < 1.29 is 4.74 Å². The van der Waals surface area contributed by atoms with Gasteiger partial charge in [-0.15, -0.1) is 11.3 Å². The Labute approximate surface area is 129 Å². The average molecular weight is 310 g/mol. The second kappa shape index (κ2) is 7.11. The lowest BCUT2D eigenvalue weighted by atomic mass is 10.1. The minimum absolute atomic E-state index is 0.180. The van der Waals surface area contributed by atoms with E-state index >= 15 is 0 Å². The number of nitrogens with one attached hydrogen (secondary N) is 1. The highest BCUT2D eigenvalue weighted by atomic mass is 35.5. The Morgan fingerprint density at radius 1 is 1.15 bits per heavy atom. The van der Waals surface area contributed by atoms with Gasteiger partial charge in [0.05, 0.1) is 10.4 Å². The zero-order chi connectivity index (χ0) is 14.5. The minimum atomic E-state index is 0.180. The third-order valence-electron chi connectivity index (χ3n) is 2.96. The predicted octanol–water partition coefficient (Wildman–Crippen LogP) is 5.04. The van der Waals surface area contributed by atoms with Gasteiger partial charge in [0.25, 0.3) is 0 Å². The first-order valence-corrected chi connectivity index (χ1v) is 7.99.